The SMILES string of the molecule is CCC1C2=C(ON1C)c1ccccc1N(C(C)=O)Cc1ccccc12. The van der Waals surface area contributed by atoms with E-state index in [4.69, 9.17) is 4.84 Å². The largest absolute Gasteiger partial charge is 0.405 e. The first-order valence-corrected chi connectivity index (χ1v) is 8.72. The highest BCUT2D eigenvalue weighted by Crippen LogP contribution is 2.45. The fourth-order valence-electron chi connectivity index (χ4n) is 3.91. The van der Waals surface area contributed by atoms with E-state index in [1.165, 1.54) is 11.1 Å². The minimum atomic E-state index is 0.0321. The first-order chi connectivity index (χ1) is 12.1. The summed E-state index contributed by atoms with van der Waals surface area (Å²) >= 11 is 0. The molecule has 0 aliphatic carbocycles. The van der Waals surface area contributed by atoms with Crippen LogP contribution in [-0.4, -0.2) is 24.1 Å². The number of likely N-dealkylation sites (N-methyl/N-ethyl adjacent to an activating group) is 1. The van der Waals surface area contributed by atoms with E-state index in [0.29, 0.717) is 6.54 Å². The van der Waals surface area contributed by atoms with E-state index in [0.717, 1.165) is 29.0 Å². The van der Waals surface area contributed by atoms with Crippen LogP contribution in [0.25, 0.3) is 11.3 Å². The molecule has 0 spiro atoms. The minimum Gasteiger partial charge on any atom is -0.405 e. The number of hydrogen-bond acceptors (Lipinski definition) is 3. The number of para-hydroxylation sites is 1. The molecule has 2 aromatic rings. The highest BCUT2D eigenvalue weighted by molar-refractivity contribution is 6.01. The molecule has 0 saturated heterocycles. The van der Waals surface area contributed by atoms with Gasteiger partial charge in [0.1, 0.15) is 0 Å². The molecule has 0 bridgehead atoms. The van der Waals surface area contributed by atoms with Gasteiger partial charge in [0, 0.05) is 25.1 Å². The maximum atomic E-state index is 12.4. The van der Waals surface area contributed by atoms with Gasteiger partial charge in [-0.1, -0.05) is 43.3 Å². The second-order valence-electron chi connectivity index (χ2n) is 6.58. The molecule has 4 nitrogen and oxygen atoms in total. The van der Waals surface area contributed by atoms with Crippen molar-refractivity contribution in [1.82, 2.24) is 5.06 Å². The Kier molecular flexibility index (Phi) is 3.85. The summed E-state index contributed by atoms with van der Waals surface area (Å²) in [6.07, 6.45) is 0.961. The molecule has 2 aromatic carbocycles. The van der Waals surface area contributed by atoms with Crippen LogP contribution in [0.2, 0.25) is 0 Å². The molecule has 0 fully saturated rings. The highest BCUT2D eigenvalue weighted by atomic mass is 16.7. The zero-order valence-electron chi connectivity index (χ0n) is 14.8. The molecule has 128 valence electrons. The van der Waals surface area contributed by atoms with Crippen molar-refractivity contribution in [3.8, 4) is 0 Å². The first kappa shape index (κ1) is 15.9. The molecule has 4 heteroatoms. The average Bonchev–Trinajstić information content (AvgIpc) is 2.94. The monoisotopic (exact) mass is 334 g/mol. The van der Waals surface area contributed by atoms with Crippen molar-refractivity contribution in [1.29, 1.82) is 0 Å². The van der Waals surface area contributed by atoms with Crippen molar-refractivity contribution in [2.75, 3.05) is 11.9 Å². The topological polar surface area (TPSA) is 32.8 Å². The highest BCUT2D eigenvalue weighted by Gasteiger charge is 2.37. The molecule has 2 aliphatic rings. The molecule has 1 amide bonds. The number of amides is 1. The van der Waals surface area contributed by atoms with Gasteiger partial charge in [-0.15, -0.1) is 5.06 Å². The smallest absolute Gasteiger partial charge is 0.224 e. The Balaban J connectivity index is 2.05. The Morgan fingerprint density at radius 3 is 2.52 bits per heavy atom. The third kappa shape index (κ3) is 2.45. The number of anilines is 1. The second-order valence-corrected chi connectivity index (χ2v) is 6.58. The van der Waals surface area contributed by atoms with Gasteiger partial charge in [-0.25, -0.2) is 0 Å². The maximum Gasteiger partial charge on any atom is 0.224 e. The molecule has 1 atom stereocenters. The molecule has 0 aromatic heterocycles. The molecular weight excluding hydrogens is 312 g/mol. The molecule has 4 rings (SSSR count). The van der Waals surface area contributed by atoms with E-state index in [9.17, 15) is 4.79 Å². The first-order valence-electron chi connectivity index (χ1n) is 8.72. The summed E-state index contributed by atoms with van der Waals surface area (Å²) in [5.41, 5.74) is 5.43. The van der Waals surface area contributed by atoms with E-state index in [1.54, 1.807) is 6.92 Å². The van der Waals surface area contributed by atoms with E-state index >= 15 is 0 Å². The minimum absolute atomic E-state index is 0.0321. The third-order valence-electron chi connectivity index (χ3n) is 5.09. The zero-order chi connectivity index (χ0) is 17.6. The lowest BCUT2D eigenvalue weighted by atomic mass is 9.88. The number of fused-ring (bicyclic) bond motifs is 4. The number of rotatable bonds is 1. The molecule has 1 unspecified atom stereocenters. The predicted molar refractivity (Wildman–Crippen MR) is 99.5 cm³/mol. The molecule has 2 heterocycles. The van der Waals surface area contributed by atoms with Crippen LogP contribution < -0.4 is 4.90 Å². The fraction of sp³-hybridized carbons (Fsp3) is 0.286. The van der Waals surface area contributed by atoms with Crippen molar-refractivity contribution >= 4 is 22.9 Å². The van der Waals surface area contributed by atoms with Crippen LogP contribution in [0.5, 0.6) is 0 Å². The summed E-state index contributed by atoms with van der Waals surface area (Å²) in [7, 11) is 1.98. The van der Waals surface area contributed by atoms with Crippen molar-refractivity contribution in [3.05, 3.63) is 65.2 Å². The summed E-state index contributed by atoms with van der Waals surface area (Å²) < 4.78 is 0. The van der Waals surface area contributed by atoms with Gasteiger partial charge in [-0.2, -0.15) is 0 Å². The third-order valence-corrected chi connectivity index (χ3v) is 5.09. The normalized spacial score (nSPS) is 19.5. The van der Waals surface area contributed by atoms with Crippen LogP contribution in [-0.2, 0) is 16.2 Å². The van der Waals surface area contributed by atoms with Crippen LogP contribution in [0.3, 0.4) is 0 Å². The van der Waals surface area contributed by atoms with E-state index in [2.05, 4.69) is 25.1 Å². The summed E-state index contributed by atoms with van der Waals surface area (Å²) in [5.74, 6) is 0.896. The molecular formula is C21H22N2O2. The van der Waals surface area contributed by atoms with Gasteiger partial charge in [-0.3, -0.25) is 4.79 Å². The van der Waals surface area contributed by atoms with Gasteiger partial charge < -0.3 is 9.74 Å². The van der Waals surface area contributed by atoms with Crippen LogP contribution in [0, 0.1) is 0 Å². The van der Waals surface area contributed by atoms with Gasteiger partial charge in [-0.05, 0) is 29.7 Å². The van der Waals surface area contributed by atoms with Crippen molar-refractivity contribution in [2.45, 2.75) is 32.9 Å². The van der Waals surface area contributed by atoms with Crippen LogP contribution in [0.1, 0.15) is 37.0 Å². The fourth-order valence-corrected chi connectivity index (χ4v) is 3.91. The Hall–Kier alpha value is -2.59. The van der Waals surface area contributed by atoms with Crippen molar-refractivity contribution < 1.29 is 9.63 Å². The summed E-state index contributed by atoms with van der Waals surface area (Å²) in [4.78, 5) is 20.4. The summed E-state index contributed by atoms with van der Waals surface area (Å²) in [6.45, 7) is 4.36. The van der Waals surface area contributed by atoms with Gasteiger partial charge in [0.2, 0.25) is 5.91 Å². The average molecular weight is 334 g/mol. The van der Waals surface area contributed by atoms with Gasteiger partial charge in [0.05, 0.1) is 18.3 Å². The van der Waals surface area contributed by atoms with Crippen LogP contribution in [0.4, 0.5) is 5.69 Å². The lowest BCUT2D eigenvalue weighted by Gasteiger charge is -2.28. The van der Waals surface area contributed by atoms with Crippen molar-refractivity contribution in [2.24, 2.45) is 0 Å². The number of hydroxylamine groups is 2. The summed E-state index contributed by atoms with van der Waals surface area (Å²) in [6, 6.07) is 16.5. The number of carbonyl (C=O) groups is 1. The lowest BCUT2D eigenvalue weighted by Crippen LogP contribution is -2.30. The molecule has 0 saturated carbocycles. The van der Waals surface area contributed by atoms with Gasteiger partial charge >= 0.3 is 0 Å². The lowest BCUT2D eigenvalue weighted by molar-refractivity contribution is -0.116. The molecule has 25 heavy (non-hydrogen) atoms. The Bertz CT molecular complexity index is 872. The van der Waals surface area contributed by atoms with E-state index in [1.807, 2.05) is 47.3 Å². The van der Waals surface area contributed by atoms with E-state index < -0.39 is 0 Å². The van der Waals surface area contributed by atoms with Gasteiger partial charge in [0.25, 0.3) is 0 Å². The Labute approximate surface area is 148 Å². The zero-order valence-corrected chi connectivity index (χ0v) is 14.8. The number of carbonyl (C=O) groups excluding carboxylic acids is 1. The Morgan fingerprint density at radius 2 is 1.80 bits per heavy atom. The molecule has 2 aliphatic heterocycles. The summed E-state index contributed by atoms with van der Waals surface area (Å²) in [5, 5.41) is 1.93. The standard InChI is InChI=1S/C21H22N2O2/c1-4-18-20-16-10-6-5-9-15(16)13-23(14(2)24)19-12-8-7-11-17(19)21(20)25-22(18)3/h5-12,18H,4,13H2,1-3H3. The van der Waals surface area contributed by atoms with Crippen LogP contribution in [0.15, 0.2) is 48.5 Å². The number of benzene rings is 2. The number of nitrogens with zero attached hydrogens (tertiary/aromatic N) is 2. The maximum absolute atomic E-state index is 12.4. The van der Waals surface area contributed by atoms with Gasteiger partial charge in [0.15, 0.2) is 5.76 Å². The predicted octanol–water partition coefficient (Wildman–Crippen LogP) is 4.08. The van der Waals surface area contributed by atoms with E-state index in [-0.39, 0.29) is 11.9 Å². The number of hydrogen-bond donors (Lipinski definition) is 0. The molecule has 0 radical (unpaired) electrons. The molecule has 0 N–H and O–H groups in total. The van der Waals surface area contributed by atoms with Crippen molar-refractivity contribution in [3.63, 3.8) is 0 Å². The quantitative estimate of drug-likeness (QED) is 0.788. The van der Waals surface area contributed by atoms with Crippen LogP contribution >= 0.6 is 0 Å². The Morgan fingerprint density at radius 1 is 1.12 bits per heavy atom. The second kappa shape index (κ2) is 6.05.